The molecular weight excluding hydrogens is 267 g/mol. The molecule has 0 atom stereocenters. The minimum atomic E-state index is -4.45. The highest BCUT2D eigenvalue weighted by atomic mass is 35.5. The summed E-state index contributed by atoms with van der Waals surface area (Å²) in [5, 5.41) is -0.0578. The van der Waals surface area contributed by atoms with E-state index in [1.807, 2.05) is 6.92 Å². The monoisotopic (exact) mass is 275 g/mol. The van der Waals surface area contributed by atoms with Crippen molar-refractivity contribution >= 4 is 11.6 Å². The van der Waals surface area contributed by atoms with E-state index in [9.17, 15) is 13.2 Å². The maximum absolute atomic E-state index is 12.5. The molecule has 7 heteroatoms. The molecule has 2 aromatic rings. The number of pyridine rings is 1. The summed E-state index contributed by atoms with van der Waals surface area (Å²) in [6.07, 6.45) is 0.110. The first kappa shape index (κ1) is 12.9. The van der Waals surface area contributed by atoms with E-state index in [-0.39, 0.29) is 10.8 Å². The van der Waals surface area contributed by atoms with Crippen LogP contribution in [-0.4, -0.2) is 14.5 Å². The number of alkyl halides is 3. The summed E-state index contributed by atoms with van der Waals surface area (Å²) in [5.74, 6) is 0.933. The highest BCUT2D eigenvalue weighted by molar-refractivity contribution is 6.32. The van der Waals surface area contributed by atoms with Crippen molar-refractivity contribution in [1.82, 2.24) is 14.5 Å². The van der Waals surface area contributed by atoms with Crippen molar-refractivity contribution in [3.8, 4) is 5.82 Å². The van der Waals surface area contributed by atoms with Gasteiger partial charge < -0.3 is 0 Å². The lowest BCUT2D eigenvalue weighted by Gasteiger charge is -2.10. The molecule has 0 aliphatic carbocycles. The molecule has 0 amide bonds. The Bertz CT molecular complexity index is 563. The predicted octanol–water partition coefficient (Wildman–Crippen LogP) is 3.50. The first-order chi connectivity index (χ1) is 8.43. The Morgan fingerprint density at radius 3 is 2.61 bits per heavy atom. The van der Waals surface area contributed by atoms with Gasteiger partial charge in [-0.3, -0.25) is 4.57 Å². The fraction of sp³-hybridized carbons (Fsp3) is 0.273. The Labute approximate surface area is 106 Å². The summed E-state index contributed by atoms with van der Waals surface area (Å²) in [6, 6.07) is 0.864. The van der Waals surface area contributed by atoms with E-state index in [1.54, 1.807) is 17.0 Å². The molecule has 0 spiro atoms. The number of rotatable bonds is 2. The van der Waals surface area contributed by atoms with E-state index in [2.05, 4.69) is 9.97 Å². The van der Waals surface area contributed by atoms with Gasteiger partial charge in [0.1, 0.15) is 5.82 Å². The Morgan fingerprint density at radius 1 is 1.33 bits per heavy atom. The van der Waals surface area contributed by atoms with Crippen LogP contribution in [-0.2, 0) is 12.6 Å². The standard InChI is InChI=1S/C11H9ClF3N3/c1-2-9-16-3-4-18(9)10-8(12)5-7(6-17-10)11(13,14)15/h3-6H,2H2,1H3. The van der Waals surface area contributed by atoms with E-state index in [4.69, 9.17) is 11.6 Å². The molecular formula is C11H9ClF3N3. The largest absolute Gasteiger partial charge is 0.417 e. The number of aromatic nitrogens is 3. The van der Waals surface area contributed by atoms with Crippen LogP contribution in [0.4, 0.5) is 13.2 Å². The molecule has 0 aliphatic heterocycles. The fourth-order valence-electron chi connectivity index (χ4n) is 1.55. The SMILES string of the molecule is CCc1nccn1-c1ncc(C(F)(F)F)cc1Cl. The van der Waals surface area contributed by atoms with Crippen molar-refractivity contribution < 1.29 is 13.2 Å². The van der Waals surface area contributed by atoms with Gasteiger partial charge in [0, 0.05) is 25.0 Å². The van der Waals surface area contributed by atoms with Crippen LogP contribution in [0.5, 0.6) is 0 Å². The third-order valence-electron chi connectivity index (χ3n) is 2.41. The number of aryl methyl sites for hydroxylation is 1. The highest BCUT2D eigenvalue weighted by Crippen LogP contribution is 2.32. The molecule has 0 aromatic carbocycles. The smallest absolute Gasteiger partial charge is 0.287 e. The van der Waals surface area contributed by atoms with Crippen LogP contribution in [0.1, 0.15) is 18.3 Å². The summed E-state index contributed by atoms with van der Waals surface area (Å²) in [4.78, 5) is 7.83. The van der Waals surface area contributed by atoms with E-state index in [1.165, 1.54) is 0 Å². The van der Waals surface area contributed by atoms with Crippen LogP contribution in [0.15, 0.2) is 24.7 Å². The number of imidazole rings is 1. The van der Waals surface area contributed by atoms with Gasteiger partial charge in [0.05, 0.1) is 10.6 Å². The molecule has 0 bridgehead atoms. The van der Waals surface area contributed by atoms with Crippen LogP contribution in [0, 0.1) is 0 Å². The van der Waals surface area contributed by atoms with Crippen molar-refractivity contribution in [2.24, 2.45) is 0 Å². The van der Waals surface area contributed by atoms with Crippen molar-refractivity contribution in [2.45, 2.75) is 19.5 Å². The zero-order valence-corrected chi connectivity index (χ0v) is 10.1. The topological polar surface area (TPSA) is 30.7 Å². The molecule has 2 rings (SSSR count). The zero-order valence-electron chi connectivity index (χ0n) is 9.37. The normalized spacial score (nSPS) is 11.8. The Hall–Kier alpha value is -1.56. The summed E-state index contributed by atoms with van der Waals surface area (Å²) in [5.41, 5.74) is -0.866. The maximum atomic E-state index is 12.5. The van der Waals surface area contributed by atoms with Gasteiger partial charge in [-0.25, -0.2) is 9.97 Å². The van der Waals surface area contributed by atoms with Gasteiger partial charge in [-0.15, -0.1) is 0 Å². The fourth-order valence-corrected chi connectivity index (χ4v) is 1.81. The molecule has 2 aromatic heterocycles. The lowest BCUT2D eigenvalue weighted by Crippen LogP contribution is -2.08. The summed E-state index contributed by atoms with van der Waals surface area (Å²) >= 11 is 5.84. The van der Waals surface area contributed by atoms with Crippen LogP contribution >= 0.6 is 11.6 Å². The molecule has 0 saturated heterocycles. The first-order valence-electron chi connectivity index (χ1n) is 5.18. The van der Waals surface area contributed by atoms with Gasteiger partial charge in [0.15, 0.2) is 5.82 Å². The molecule has 0 saturated carbocycles. The Morgan fingerprint density at radius 2 is 2.06 bits per heavy atom. The van der Waals surface area contributed by atoms with Crippen LogP contribution in [0.2, 0.25) is 5.02 Å². The van der Waals surface area contributed by atoms with E-state index in [0.29, 0.717) is 12.2 Å². The quantitative estimate of drug-likeness (QED) is 0.840. The van der Waals surface area contributed by atoms with Crippen molar-refractivity contribution in [3.05, 3.63) is 41.1 Å². The summed E-state index contributed by atoms with van der Waals surface area (Å²) in [7, 11) is 0. The molecule has 0 unspecified atom stereocenters. The molecule has 96 valence electrons. The van der Waals surface area contributed by atoms with Gasteiger partial charge >= 0.3 is 6.18 Å². The number of hydrogen-bond donors (Lipinski definition) is 0. The molecule has 2 heterocycles. The maximum Gasteiger partial charge on any atom is 0.417 e. The summed E-state index contributed by atoms with van der Waals surface area (Å²) < 4.78 is 39.0. The Kier molecular flexibility index (Phi) is 3.30. The second kappa shape index (κ2) is 4.61. The molecule has 18 heavy (non-hydrogen) atoms. The molecule has 3 nitrogen and oxygen atoms in total. The van der Waals surface area contributed by atoms with Gasteiger partial charge in [-0.1, -0.05) is 18.5 Å². The van der Waals surface area contributed by atoms with E-state index < -0.39 is 11.7 Å². The van der Waals surface area contributed by atoms with Crippen LogP contribution in [0.25, 0.3) is 5.82 Å². The minimum Gasteiger partial charge on any atom is -0.287 e. The average Bonchev–Trinajstić information content (AvgIpc) is 2.75. The lowest BCUT2D eigenvalue weighted by atomic mass is 10.2. The molecule has 0 radical (unpaired) electrons. The zero-order chi connectivity index (χ0) is 13.3. The Balaban J connectivity index is 2.48. The van der Waals surface area contributed by atoms with Gasteiger partial charge in [0.2, 0.25) is 0 Å². The van der Waals surface area contributed by atoms with Crippen LogP contribution in [0.3, 0.4) is 0 Å². The first-order valence-corrected chi connectivity index (χ1v) is 5.56. The lowest BCUT2D eigenvalue weighted by molar-refractivity contribution is -0.137. The highest BCUT2D eigenvalue weighted by Gasteiger charge is 2.31. The van der Waals surface area contributed by atoms with Crippen molar-refractivity contribution in [2.75, 3.05) is 0 Å². The van der Waals surface area contributed by atoms with E-state index in [0.717, 1.165) is 12.3 Å². The van der Waals surface area contributed by atoms with Gasteiger partial charge in [0.25, 0.3) is 0 Å². The average molecular weight is 276 g/mol. The molecule has 0 N–H and O–H groups in total. The number of nitrogens with zero attached hydrogens (tertiary/aromatic N) is 3. The van der Waals surface area contributed by atoms with Gasteiger partial charge in [-0.05, 0) is 6.07 Å². The molecule has 0 fully saturated rings. The number of halogens is 4. The van der Waals surface area contributed by atoms with E-state index >= 15 is 0 Å². The third kappa shape index (κ3) is 2.33. The second-order valence-corrected chi connectivity index (χ2v) is 4.00. The summed E-state index contributed by atoms with van der Waals surface area (Å²) in [6.45, 7) is 1.89. The van der Waals surface area contributed by atoms with Gasteiger partial charge in [-0.2, -0.15) is 13.2 Å². The van der Waals surface area contributed by atoms with Crippen molar-refractivity contribution in [3.63, 3.8) is 0 Å². The molecule has 0 aliphatic rings. The minimum absolute atomic E-state index is 0.0578. The number of hydrogen-bond acceptors (Lipinski definition) is 2. The van der Waals surface area contributed by atoms with Crippen molar-refractivity contribution in [1.29, 1.82) is 0 Å². The second-order valence-electron chi connectivity index (χ2n) is 3.59. The third-order valence-corrected chi connectivity index (χ3v) is 2.69. The van der Waals surface area contributed by atoms with Crippen LogP contribution < -0.4 is 0 Å². The predicted molar refractivity (Wildman–Crippen MR) is 60.7 cm³/mol.